The lowest BCUT2D eigenvalue weighted by atomic mass is 9.95. The van der Waals surface area contributed by atoms with Gasteiger partial charge in [0, 0.05) is 11.3 Å². The normalized spacial score (nSPS) is 16.8. The summed E-state index contributed by atoms with van der Waals surface area (Å²) in [5, 5.41) is 21.1. The molecule has 0 aromatic heterocycles. The van der Waals surface area contributed by atoms with E-state index in [0.29, 0.717) is 32.6 Å². The zero-order valence-corrected chi connectivity index (χ0v) is 21.9. The van der Waals surface area contributed by atoms with Gasteiger partial charge in [-0.05, 0) is 89.9 Å². The van der Waals surface area contributed by atoms with E-state index in [1.54, 1.807) is 56.3 Å². The number of benzene rings is 3. The van der Waals surface area contributed by atoms with Crippen LogP contribution in [0.4, 0.5) is 5.69 Å². The van der Waals surface area contributed by atoms with Crippen molar-refractivity contribution in [2.24, 2.45) is 0 Å². The largest absolute Gasteiger partial charge is 0.508 e. The Balaban J connectivity index is 1.84. The van der Waals surface area contributed by atoms with Crippen molar-refractivity contribution in [2.45, 2.75) is 26.0 Å². The molecule has 1 amide bonds. The summed E-state index contributed by atoms with van der Waals surface area (Å²) in [4.78, 5) is 40.1. The van der Waals surface area contributed by atoms with E-state index in [1.807, 2.05) is 0 Å². The minimum atomic E-state index is -0.991. The summed E-state index contributed by atoms with van der Waals surface area (Å²) in [5.74, 6) is -2.05. The molecule has 0 aliphatic carbocycles. The highest BCUT2D eigenvalue weighted by atomic mass is 79.9. The first-order valence-electron chi connectivity index (χ1n) is 11.4. The zero-order valence-electron chi connectivity index (χ0n) is 20.3. The lowest BCUT2D eigenvalue weighted by molar-refractivity contribution is -0.132. The molecule has 3 aromatic carbocycles. The summed E-state index contributed by atoms with van der Waals surface area (Å²) in [6, 6.07) is 15.9. The molecule has 190 valence electrons. The lowest BCUT2D eigenvalue weighted by Gasteiger charge is -2.25. The fraction of sp³-hybridized carbons (Fsp3) is 0.179. The predicted molar refractivity (Wildman–Crippen MR) is 141 cm³/mol. The molecule has 3 aromatic rings. The monoisotopic (exact) mass is 565 g/mol. The van der Waals surface area contributed by atoms with Crippen LogP contribution in [0, 0.1) is 0 Å². The summed E-state index contributed by atoms with van der Waals surface area (Å²) < 4.78 is 11.0. The Hall–Kier alpha value is -4.11. The number of phenols is 1. The molecule has 37 heavy (non-hydrogen) atoms. The number of phenolic OH excluding ortho intramolecular Hbond substituents is 1. The van der Waals surface area contributed by atoms with E-state index in [4.69, 9.17) is 9.47 Å². The van der Waals surface area contributed by atoms with Crippen LogP contribution in [-0.2, 0) is 14.3 Å². The van der Waals surface area contributed by atoms with Crippen LogP contribution >= 0.6 is 15.9 Å². The minimum absolute atomic E-state index is 0.00723. The number of hydrogen-bond acceptors (Lipinski definition) is 7. The molecule has 2 N–H and O–H groups in total. The Kier molecular flexibility index (Phi) is 7.35. The van der Waals surface area contributed by atoms with Crippen molar-refractivity contribution in [3.05, 3.63) is 93.5 Å². The molecule has 1 heterocycles. The number of aliphatic hydroxyl groups excluding tert-OH is 1. The number of carbonyl (C=O) groups is 3. The van der Waals surface area contributed by atoms with E-state index in [1.165, 1.54) is 36.3 Å². The fourth-order valence-electron chi connectivity index (χ4n) is 4.08. The van der Waals surface area contributed by atoms with Gasteiger partial charge in [0.2, 0.25) is 0 Å². The van der Waals surface area contributed by atoms with Crippen LogP contribution in [0.15, 0.2) is 76.8 Å². The number of amides is 1. The Morgan fingerprint density at radius 1 is 0.973 bits per heavy atom. The third-order valence-corrected chi connectivity index (χ3v) is 6.42. The third kappa shape index (κ3) is 5.08. The van der Waals surface area contributed by atoms with Crippen molar-refractivity contribution >= 4 is 45.0 Å². The summed E-state index contributed by atoms with van der Waals surface area (Å²) in [6.45, 7) is 3.48. The predicted octanol–water partition coefficient (Wildman–Crippen LogP) is 5.35. The van der Waals surface area contributed by atoms with Crippen molar-refractivity contribution < 1.29 is 34.1 Å². The second kappa shape index (κ2) is 10.5. The van der Waals surface area contributed by atoms with Crippen LogP contribution < -0.4 is 9.64 Å². The smallest absolute Gasteiger partial charge is 0.338 e. The number of rotatable bonds is 6. The number of methoxy groups -OCH3 is 1. The van der Waals surface area contributed by atoms with Gasteiger partial charge in [0.25, 0.3) is 11.7 Å². The van der Waals surface area contributed by atoms with Crippen LogP contribution in [0.3, 0.4) is 0 Å². The van der Waals surface area contributed by atoms with E-state index in [-0.39, 0.29) is 23.2 Å². The van der Waals surface area contributed by atoms with Gasteiger partial charge in [-0.25, -0.2) is 4.79 Å². The number of carbonyl (C=O) groups excluding carboxylic acids is 3. The quantitative estimate of drug-likeness (QED) is 0.179. The van der Waals surface area contributed by atoms with Crippen molar-refractivity contribution in [1.29, 1.82) is 0 Å². The van der Waals surface area contributed by atoms with Gasteiger partial charge < -0.3 is 19.7 Å². The van der Waals surface area contributed by atoms with Gasteiger partial charge in [-0.2, -0.15) is 0 Å². The molecule has 0 bridgehead atoms. The first-order valence-corrected chi connectivity index (χ1v) is 12.2. The first kappa shape index (κ1) is 26.0. The Morgan fingerprint density at radius 2 is 1.59 bits per heavy atom. The number of nitrogens with zero attached hydrogens (tertiary/aromatic N) is 1. The third-order valence-electron chi connectivity index (χ3n) is 5.80. The highest BCUT2D eigenvalue weighted by Crippen LogP contribution is 2.43. The van der Waals surface area contributed by atoms with Gasteiger partial charge in [0.15, 0.2) is 0 Å². The molecule has 1 fully saturated rings. The highest BCUT2D eigenvalue weighted by molar-refractivity contribution is 9.10. The lowest BCUT2D eigenvalue weighted by Crippen LogP contribution is -2.29. The maximum Gasteiger partial charge on any atom is 0.338 e. The Bertz CT molecular complexity index is 1400. The van der Waals surface area contributed by atoms with Crippen LogP contribution in [0.25, 0.3) is 5.76 Å². The van der Waals surface area contributed by atoms with Gasteiger partial charge >= 0.3 is 5.97 Å². The number of halogens is 1. The van der Waals surface area contributed by atoms with Gasteiger partial charge in [-0.1, -0.05) is 12.1 Å². The Morgan fingerprint density at radius 3 is 2.16 bits per heavy atom. The second-order valence-electron chi connectivity index (χ2n) is 8.61. The molecular formula is C28H24BrNO7. The van der Waals surface area contributed by atoms with E-state index in [0.717, 1.165) is 0 Å². The van der Waals surface area contributed by atoms with Crippen LogP contribution in [0.1, 0.15) is 41.4 Å². The number of anilines is 1. The fourth-order valence-corrected chi connectivity index (χ4v) is 4.62. The van der Waals surface area contributed by atoms with Gasteiger partial charge in [0.1, 0.15) is 17.3 Å². The van der Waals surface area contributed by atoms with E-state index < -0.39 is 23.7 Å². The minimum Gasteiger partial charge on any atom is -0.508 e. The molecule has 8 nitrogen and oxygen atoms in total. The van der Waals surface area contributed by atoms with E-state index in [9.17, 15) is 24.6 Å². The summed E-state index contributed by atoms with van der Waals surface area (Å²) >= 11 is 3.37. The molecular weight excluding hydrogens is 542 g/mol. The van der Waals surface area contributed by atoms with Crippen LogP contribution in [0.2, 0.25) is 0 Å². The first-order chi connectivity index (χ1) is 17.6. The van der Waals surface area contributed by atoms with Crippen molar-refractivity contribution in [1.82, 2.24) is 0 Å². The summed E-state index contributed by atoms with van der Waals surface area (Å²) in [7, 11) is 1.50. The van der Waals surface area contributed by atoms with Crippen LogP contribution in [-0.4, -0.2) is 41.1 Å². The Labute approximate surface area is 221 Å². The average molecular weight is 566 g/mol. The SMILES string of the molecule is COc1ccc(/C(O)=C2/C(=O)C(=O)N(c3ccc(C(=O)OC(C)C)cc3)C2c2ccc(O)cc2)cc1Br. The van der Waals surface area contributed by atoms with Gasteiger partial charge in [0.05, 0.1) is 34.9 Å². The molecule has 1 aliphatic heterocycles. The molecule has 9 heteroatoms. The second-order valence-corrected chi connectivity index (χ2v) is 9.47. The molecule has 4 rings (SSSR count). The maximum absolute atomic E-state index is 13.3. The number of ether oxygens (including phenoxy) is 2. The number of hydrogen-bond donors (Lipinski definition) is 2. The molecule has 0 spiro atoms. The van der Waals surface area contributed by atoms with Crippen LogP contribution in [0.5, 0.6) is 11.5 Å². The topological polar surface area (TPSA) is 113 Å². The number of ketones is 1. The summed E-state index contributed by atoms with van der Waals surface area (Å²) in [5.41, 5.74) is 1.32. The van der Waals surface area contributed by atoms with Crippen molar-refractivity contribution in [2.75, 3.05) is 12.0 Å². The molecule has 0 saturated carbocycles. The van der Waals surface area contributed by atoms with Gasteiger partial charge in [-0.15, -0.1) is 0 Å². The number of Topliss-reactive ketones (excluding diaryl/α,β-unsaturated/α-hetero) is 1. The molecule has 1 unspecified atom stereocenters. The van der Waals surface area contributed by atoms with E-state index in [2.05, 4.69) is 15.9 Å². The number of esters is 1. The standard InChI is InChI=1S/C28H24BrNO7/c1-15(2)37-28(35)17-4-9-19(10-5-17)30-24(16-6-11-20(31)12-7-16)23(26(33)27(30)34)25(32)18-8-13-22(36-3)21(29)14-18/h4-15,24,31-32H,1-3H3/b25-23-. The maximum atomic E-state index is 13.3. The molecule has 0 radical (unpaired) electrons. The summed E-state index contributed by atoms with van der Waals surface area (Å²) in [6.07, 6.45) is -0.294. The average Bonchev–Trinajstić information content (AvgIpc) is 3.14. The van der Waals surface area contributed by atoms with Crippen molar-refractivity contribution in [3.8, 4) is 11.5 Å². The van der Waals surface area contributed by atoms with Crippen molar-refractivity contribution in [3.63, 3.8) is 0 Å². The van der Waals surface area contributed by atoms with Gasteiger partial charge in [-0.3, -0.25) is 14.5 Å². The number of aromatic hydroxyl groups is 1. The zero-order chi connectivity index (χ0) is 26.9. The number of aliphatic hydroxyl groups is 1. The molecule has 1 aliphatic rings. The highest BCUT2D eigenvalue weighted by Gasteiger charge is 2.47. The molecule has 1 saturated heterocycles. The van der Waals surface area contributed by atoms with E-state index >= 15 is 0 Å². The molecule has 1 atom stereocenters.